The number of morpholine rings is 1. The van der Waals surface area contributed by atoms with Gasteiger partial charge in [0.15, 0.2) is 0 Å². The maximum Gasteiger partial charge on any atom is 0.268 e. The highest BCUT2D eigenvalue weighted by Crippen LogP contribution is 2.31. The molecule has 2 atom stereocenters. The van der Waals surface area contributed by atoms with E-state index in [0.29, 0.717) is 41.0 Å². The van der Waals surface area contributed by atoms with Crippen molar-refractivity contribution in [1.82, 2.24) is 14.8 Å². The molecule has 2 aromatic rings. The van der Waals surface area contributed by atoms with Crippen molar-refractivity contribution in [3.8, 4) is 0 Å². The van der Waals surface area contributed by atoms with Gasteiger partial charge in [0.2, 0.25) is 0 Å². The molecule has 27 heavy (non-hydrogen) atoms. The summed E-state index contributed by atoms with van der Waals surface area (Å²) in [5, 5.41) is 3.72. The molecule has 1 aliphatic heterocycles. The van der Waals surface area contributed by atoms with Gasteiger partial charge in [0.05, 0.1) is 23.8 Å². The average molecular weight is 414 g/mol. The SMILES string of the molecule is C[C@@H]1CN([C@@H](CNC(=O)c2cc(Cl)cn2C)c2c(F)cccc2Cl)CCO1. The van der Waals surface area contributed by atoms with Gasteiger partial charge >= 0.3 is 0 Å². The van der Waals surface area contributed by atoms with E-state index in [1.165, 1.54) is 6.07 Å². The molecule has 1 fully saturated rings. The van der Waals surface area contributed by atoms with E-state index >= 15 is 0 Å². The number of carbonyl (C=O) groups is 1. The van der Waals surface area contributed by atoms with Crippen LogP contribution in [0.25, 0.3) is 0 Å². The van der Waals surface area contributed by atoms with Crippen LogP contribution < -0.4 is 5.32 Å². The lowest BCUT2D eigenvalue weighted by Gasteiger charge is -2.38. The Kier molecular flexibility index (Phi) is 6.42. The summed E-state index contributed by atoms with van der Waals surface area (Å²) in [6.07, 6.45) is 1.68. The van der Waals surface area contributed by atoms with Gasteiger partial charge < -0.3 is 14.6 Å². The smallest absolute Gasteiger partial charge is 0.268 e. The minimum atomic E-state index is -0.398. The number of hydrogen-bond acceptors (Lipinski definition) is 3. The molecule has 1 amide bonds. The van der Waals surface area contributed by atoms with Crippen LogP contribution in [0.3, 0.4) is 0 Å². The van der Waals surface area contributed by atoms with Gasteiger partial charge in [0.1, 0.15) is 11.5 Å². The summed E-state index contributed by atoms with van der Waals surface area (Å²) in [7, 11) is 1.75. The van der Waals surface area contributed by atoms with Crippen LogP contribution >= 0.6 is 23.2 Å². The number of aromatic nitrogens is 1. The highest BCUT2D eigenvalue weighted by atomic mass is 35.5. The Balaban J connectivity index is 1.84. The van der Waals surface area contributed by atoms with Crippen molar-refractivity contribution in [3.63, 3.8) is 0 Å². The Labute approximate surface area is 168 Å². The summed E-state index contributed by atoms with van der Waals surface area (Å²) < 4.78 is 21.8. The molecule has 0 bridgehead atoms. The zero-order chi connectivity index (χ0) is 19.6. The number of hydrogen-bond donors (Lipinski definition) is 1. The second-order valence-electron chi connectivity index (χ2n) is 6.69. The van der Waals surface area contributed by atoms with Crippen LogP contribution in [0, 0.1) is 5.82 Å². The van der Waals surface area contributed by atoms with Crippen LogP contribution in [0.5, 0.6) is 0 Å². The predicted molar refractivity (Wildman–Crippen MR) is 104 cm³/mol. The van der Waals surface area contributed by atoms with Crippen LogP contribution in [0.15, 0.2) is 30.5 Å². The Bertz CT molecular complexity index is 807. The topological polar surface area (TPSA) is 46.5 Å². The molecule has 0 aliphatic carbocycles. The predicted octanol–water partition coefficient (Wildman–Crippen LogP) is 3.66. The van der Waals surface area contributed by atoms with Crippen LogP contribution in [0.2, 0.25) is 10.0 Å². The zero-order valence-electron chi connectivity index (χ0n) is 15.2. The van der Waals surface area contributed by atoms with E-state index in [4.69, 9.17) is 27.9 Å². The standard InChI is InChI=1S/C19H22Cl2FN3O2/c1-12-10-25(6-7-27-12)17(18-14(21)4-3-5-15(18)22)9-23-19(26)16-8-13(20)11-24(16)2/h3-5,8,11-12,17H,6-7,9-10H2,1-2H3,(H,23,26)/t12-,17+/m1/s1. The van der Waals surface area contributed by atoms with Crippen molar-refractivity contribution in [3.05, 3.63) is 57.6 Å². The lowest BCUT2D eigenvalue weighted by molar-refractivity contribution is -0.0346. The minimum absolute atomic E-state index is 0.0224. The highest BCUT2D eigenvalue weighted by molar-refractivity contribution is 6.31. The third-order valence-corrected chi connectivity index (χ3v) is 5.24. The average Bonchev–Trinajstić information content (AvgIpc) is 2.95. The molecule has 1 N–H and O–H groups in total. The molecule has 0 spiro atoms. The van der Waals surface area contributed by atoms with E-state index in [0.717, 1.165) is 0 Å². The largest absolute Gasteiger partial charge is 0.376 e. The second kappa shape index (κ2) is 8.61. The number of benzene rings is 1. The molecule has 146 valence electrons. The van der Waals surface area contributed by atoms with Crippen LogP contribution in [-0.2, 0) is 11.8 Å². The van der Waals surface area contributed by atoms with Crippen molar-refractivity contribution in [1.29, 1.82) is 0 Å². The number of aryl methyl sites for hydroxylation is 1. The summed E-state index contributed by atoms with van der Waals surface area (Å²) >= 11 is 12.3. The molecule has 8 heteroatoms. The van der Waals surface area contributed by atoms with Crippen LogP contribution in [0.1, 0.15) is 29.0 Å². The third-order valence-electron chi connectivity index (χ3n) is 4.71. The second-order valence-corrected chi connectivity index (χ2v) is 7.54. The Morgan fingerprint density at radius 1 is 1.44 bits per heavy atom. The molecule has 1 saturated heterocycles. The van der Waals surface area contributed by atoms with E-state index < -0.39 is 6.04 Å². The number of amides is 1. The fourth-order valence-electron chi connectivity index (χ4n) is 3.40. The first-order valence-corrected chi connectivity index (χ1v) is 9.52. The van der Waals surface area contributed by atoms with E-state index in [1.54, 1.807) is 36.0 Å². The van der Waals surface area contributed by atoms with Crippen molar-refractivity contribution in [2.24, 2.45) is 7.05 Å². The van der Waals surface area contributed by atoms with E-state index in [2.05, 4.69) is 10.2 Å². The first-order chi connectivity index (χ1) is 12.9. The van der Waals surface area contributed by atoms with E-state index in [9.17, 15) is 9.18 Å². The van der Waals surface area contributed by atoms with Gasteiger partial charge in [0, 0.05) is 43.5 Å². The number of carbonyl (C=O) groups excluding carboxylic acids is 1. The molecular formula is C19H22Cl2FN3O2. The first-order valence-electron chi connectivity index (χ1n) is 8.76. The fourth-order valence-corrected chi connectivity index (χ4v) is 3.94. The molecule has 0 saturated carbocycles. The van der Waals surface area contributed by atoms with Gasteiger partial charge in [-0.15, -0.1) is 0 Å². The third kappa shape index (κ3) is 4.63. The van der Waals surface area contributed by atoms with Crippen molar-refractivity contribution >= 4 is 29.1 Å². The molecule has 2 heterocycles. The zero-order valence-corrected chi connectivity index (χ0v) is 16.7. The summed E-state index contributed by atoms with van der Waals surface area (Å²) in [4.78, 5) is 14.7. The molecular weight excluding hydrogens is 392 g/mol. The number of nitrogens with zero attached hydrogens (tertiary/aromatic N) is 2. The number of nitrogens with one attached hydrogen (secondary N) is 1. The summed E-state index contributed by atoms with van der Waals surface area (Å²) in [6, 6.07) is 5.82. The van der Waals surface area contributed by atoms with Gasteiger partial charge in [-0.3, -0.25) is 9.69 Å². The van der Waals surface area contributed by atoms with Gasteiger partial charge in [-0.2, -0.15) is 0 Å². The number of rotatable bonds is 5. The molecule has 3 rings (SSSR count). The maximum atomic E-state index is 14.6. The highest BCUT2D eigenvalue weighted by Gasteiger charge is 2.29. The molecule has 5 nitrogen and oxygen atoms in total. The summed E-state index contributed by atoms with van der Waals surface area (Å²) in [5.41, 5.74) is 0.826. The van der Waals surface area contributed by atoms with Crippen LogP contribution in [-0.4, -0.2) is 47.7 Å². The summed E-state index contributed by atoms with van der Waals surface area (Å²) in [5.74, 6) is -0.661. The minimum Gasteiger partial charge on any atom is -0.376 e. The lowest BCUT2D eigenvalue weighted by atomic mass is 10.0. The molecule has 0 unspecified atom stereocenters. The Morgan fingerprint density at radius 2 is 2.22 bits per heavy atom. The number of ether oxygens (including phenoxy) is 1. The normalized spacial score (nSPS) is 19.1. The number of halogens is 3. The molecule has 1 aromatic carbocycles. The van der Waals surface area contributed by atoms with Crippen molar-refractivity contribution in [2.75, 3.05) is 26.2 Å². The molecule has 0 radical (unpaired) electrons. The first kappa shape index (κ1) is 20.1. The Hall–Kier alpha value is -1.60. The lowest BCUT2D eigenvalue weighted by Crippen LogP contribution is -2.47. The molecule has 1 aliphatic rings. The fraction of sp³-hybridized carbons (Fsp3) is 0.421. The Morgan fingerprint density at radius 3 is 2.85 bits per heavy atom. The van der Waals surface area contributed by atoms with Crippen molar-refractivity contribution < 1.29 is 13.9 Å². The summed E-state index contributed by atoms with van der Waals surface area (Å²) in [6.45, 7) is 3.99. The van der Waals surface area contributed by atoms with E-state index in [1.807, 2.05) is 6.92 Å². The molecule has 1 aromatic heterocycles. The van der Waals surface area contributed by atoms with Gasteiger partial charge in [0.25, 0.3) is 5.91 Å². The quantitative estimate of drug-likeness (QED) is 0.813. The van der Waals surface area contributed by atoms with E-state index in [-0.39, 0.29) is 24.4 Å². The van der Waals surface area contributed by atoms with Gasteiger partial charge in [-0.25, -0.2) is 4.39 Å². The van der Waals surface area contributed by atoms with Crippen LogP contribution in [0.4, 0.5) is 4.39 Å². The maximum absolute atomic E-state index is 14.6. The van der Waals surface area contributed by atoms with Crippen molar-refractivity contribution in [2.45, 2.75) is 19.1 Å². The van der Waals surface area contributed by atoms with Gasteiger partial charge in [-0.05, 0) is 25.1 Å². The monoisotopic (exact) mass is 413 g/mol. The van der Waals surface area contributed by atoms with Gasteiger partial charge in [-0.1, -0.05) is 29.3 Å².